The van der Waals surface area contributed by atoms with E-state index in [1.807, 2.05) is 60.5 Å². The molecule has 0 saturated carbocycles. The van der Waals surface area contributed by atoms with Gasteiger partial charge in [0.15, 0.2) is 12.4 Å². The number of aromatic nitrogens is 2. The van der Waals surface area contributed by atoms with Crippen LogP contribution in [0.5, 0.6) is 0 Å². The number of benzene rings is 1. The van der Waals surface area contributed by atoms with Crippen LogP contribution in [-0.4, -0.2) is 4.98 Å². The van der Waals surface area contributed by atoms with Crippen LogP contribution in [-0.2, 0) is 7.05 Å². The number of fused-ring (bicyclic) bond motifs is 1. The minimum absolute atomic E-state index is 1.16. The summed E-state index contributed by atoms with van der Waals surface area (Å²) in [6.45, 7) is 3.65. The number of H-pyrrole nitrogens is 1. The van der Waals surface area contributed by atoms with Gasteiger partial charge in [0.1, 0.15) is 7.05 Å². The number of pyridine rings is 1. The quantitative estimate of drug-likeness (QED) is 0.626. The number of hydrogen-bond acceptors (Lipinski definition) is 0. The lowest BCUT2D eigenvalue weighted by Gasteiger charge is -1.86. The maximum Gasteiger partial charge on any atom is 0.169 e. The van der Waals surface area contributed by atoms with Crippen molar-refractivity contribution < 1.29 is 4.57 Å². The van der Waals surface area contributed by atoms with Gasteiger partial charge >= 0.3 is 0 Å². The van der Waals surface area contributed by atoms with Gasteiger partial charge in [-0.15, -0.1) is 0 Å². The highest BCUT2D eigenvalue weighted by atomic mass is 14.9. The van der Waals surface area contributed by atoms with Crippen LogP contribution in [0.15, 0.2) is 67.6 Å². The summed E-state index contributed by atoms with van der Waals surface area (Å²) in [5, 5.41) is 1.28. The van der Waals surface area contributed by atoms with Crippen molar-refractivity contribution in [3.63, 3.8) is 0 Å². The molecule has 1 aromatic carbocycles. The lowest BCUT2D eigenvalue weighted by atomic mass is 10.3. The molecule has 0 fully saturated rings. The third-order valence-corrected chi connectivity index (χ3v) is 2.70. The van der Waals surface area contributed by atoms with Gasteiger partial charge in [-0.3, -0.25) is 0 Å². The van der Waals surface area contributed by atoms with Gasteiger partial charge < -0.3 is 4.98 Å². The van der Waals surface area contributed by atoms with Gasteiger partial charge in [0.05, 0.1) is 0 Å². The van der Waals surface area contributed by atoms with Gasteiger partial charge in [-0.05, 0) is 23.1 Å². The van der Waals surface area contributed by atoms with Crippen LogP contribution >= 0.6 is 0 Å². The molecule has 3 aromatic rings. The minimum atomic E-state index is 1.16. The van der Waals surface area contributed by atoms with Crippen LogP contribution in [0.3, 0.4) is 0 Å². The van der Waals surface area contributed by atoms with E-state index in [0.717, 1.165) is 5.56 Å². The number of rotatable bonds is 1. The third-order valence-electron chi connectivity index (χ3n) is 2.70. The summed E-state index contributed by atoms with van der Waals surface area (Å²) in [6.07, 6.45) is 7.78. The van der Waals surface area contributed by atoms with Crippen molar-refractivity contribution in [1.29, 1.82) is 0 Å². The highest BCUT2D eigenvalue weighted by Gasteiger charge is 1.88. The van der Waals surface area contributed by atoms with Gasteiger partial charge in [-0.25, -0.2) is 4.57 Å². The highest BCUT2D eigenvalue weighted by molar-refractivity contribution is 5.78. The van der Waals surface area contributed by atoms with E-state index >= 15 is 0 Å². The summed E-state index contributed by atoms with van der Waals surface area (Å²) in [4.78, 5) is 3.12. The Hall–Kier alpha value is -2.35. The van der Waals surface area contributed by atoms with E-state index in [-0.39, 0.29) is 0 Å². The van der Waals surface area contributed by atoms with Crippen LogP contribution in [0.25, 0.3) is 17.0 Å². The summed E-state index contributed by atoms with van der Waals surface area (Å²) in [7, 11) is 1.99. The Morgan fingerprint density at radius 3 is 2.44 bits per heavy atom. The van der Waals surface area contributed by atoms with E-state index in [9.17, 15) is 0 Å². The standard InChI is InChI=1S/C8H7N.C8H10N/c1-2-4-8-7(3-1)5-6-9-8;1-3-8-4-6-9(2)7-5-8/h1-6,9H;3-7H,1H2,2H3/q;+1. The molecule has 0 radical (unpaired) electrons. The molecule has 1 N–H and O–H groups in total. The monoisotopic (exact) mass is 237 g/mol. The molecule has 0 saturated heterocycles. The molecule has 0 aliphatic heterocycles. The van der Waals surface area contributed by atoms with E-state index in [4.69, 9.17) is 0 Å². The number of para-hydroxylation sites is 1. The van der Waals surface area contributed by atoms with Crippen LogP contribution in [0.1, 0.15) is 5.56 Å². The van der Waals surface area contributed by atoms with Crippen LogP contribution in [0.2, 0.25) is 0 Å². The summed E-state index contributed by atoms with van der Waals surface area (Å²) in [6, 6.07) is 14.3. The molecule has 90 valence electrons. The second-order valence-corrected chi connectivity index (χ2v) is 4.07. The number of nitrogens with zero attached hydrogens (tertiary/aromatic N) is 1. The van der Waals surface area contributed by atoms with Crippen molar-refractivity contribution in [3.05, 3.63) is 73.2 Å². The Kier molecular flexibility index (Phi) is 3.92. The van der Waals surface area contributed by atoms with E-state index in [0.29, 0.717) is 0 Å². The first-order chi connectivity index (χ1) is 8.79. The molecule has 18 heavy (non-hydrogen) atoms. The number of aromatic amines is 1. The summed E-state index contributed by atoms with van der Waals surface area (Å²) < 4.78 is 1.99. The van der Waals surface area contributed by atoms with Crippen LogP contribution in [0.4, 0.5) is 0 Å². The summed E-state index contributed by atoms with van der Waals surface area (Å²) in [5.74, 6) is 0. The molecule has 0 unspecified atom stereocenters. The fourth-order valence-corrected chi connectivity index (χ4v) is 1.64. The molecule has 0 aliphatic carbocycles. The predicted octanol–water partition coefficient (Wildman–Crippen LogP) is 3.32. The average molecular weight is 237 g/mol. The zero-order chi connectivity index (χ0) is 12.8. The SMILES string of the molecule is C=Cc1cc[n+](C)cc1.c1ccc2[nH]ccc2c1. The lowest BCUT2D eigenvalue weighted by molar-refractivity contribution is -0.671. The van der Waals surface area contributed by atoms with Gasteiger partial charge in [0.25, 0.3) is 0 Å². The van der Waals surface area contributed by atoms with Gasteiger partial charge in [0, 0.05) is 23.8 Å². The van der Waals surface area contributed by atoms with Crippen LogP contribution in [0, 0.1) is 0 Å². The minimum Gasteiger partial charge on any atom is -0.361 e. The smallest absolute Gasteiger partial charge is 0.169 e. The zero-order valence-corrected chi connectivity index (χ0v) is 10.5. The lowest BCUT2D eigenvalue weighted by Crippen LogP contribution is -2.25. The molecule has 2 nitrogen and oxygen atoms in total. The second-order valence-electron chi connectivity index (χ2n) is 4.07. The molecule has 0 aliphatic rings. The van der Waals surface area contributed by atoms with E-state index in [1.165, 1.54) is 10.9 Å². The molecule has 0 atom stereocenters. The zero-order valence-electron chi connectivity index (χ0n) is 10.5. The number of hydrogen-bond donors (Lipinski definition) is 1. The molecule has 3 rings (SSSR count). The van der Waals surface area contributed by atoms with Gasteiger partial charge in [-0.2, -0.15) is 0 Å². The Morgan fingerprint density at radius 1 is 1.06 bits per heavy atom. The van der Waals surface area contributed by atoms with E-state index < -0.39 is 0 Å². The third kappa shape index (κ3) is 3.08. The molecule has 0 spiro atoms. The summed E-state index contributed by atoms with van der Waals surface area (Å²) in [5.41, 5.74) is 2.37. The van der Waals surface area contributed by atoms with E-state index in [2.05, 4.69) is 29.8 Å². The molecule has 0 bridgehead atoms. The molecular formula is C16H17N2+. The first kappa shape index (κ1) is 12.1. The highest BCUT2D eigenvalue weighted by Crippen LogP contribution is 2.09. The fourth-order valence-electron chi connectivity index (χ4n) is 1.64. The normalized spacial score (nSPS) is 9.61. The molecule has 2 heterocycles. The Morgan fingerprint density at radius 2 is 1.78 bits per heavy atom. The van der Waals surface area contributed by atoms with Crippen LogP contribution < -0.4 is 4.57 Å². The van der Waals surface area contributed by atoms with Gasteiger partial charge in [0.2, 0.25) is 0 Å². The van der Waals surface area contributed by atoms with Gasteiger partial charge in [-0.1, -0.05) is 30.9 Å². The van der Waals surface area contributed by atoms with Crippen molar-refractivity contribution >= 4 is 17.0 Å². The van der Waals surface area contributed by atoms with Crippen molar-refractivity contribution in [1.82, 2.24) is 4.98 Å². The van der Waals surface area contributed by atoms with Crippen molar-refractivity contribution in [2.45, 2.75) is 0 Å². The topological polar surface area (TPSA) is 19.7 Å². The van der Waals surface area contributed by atoms with Crippen molar-refractivity contribution in [3.8, 4) is 0 Å². The molecular weight excluding hydrogens is 220 g/mol. The number of aryl methyl sites for hydroxylation is 1. The first-order valence-electron chi connectivity index (χ1n) is 5.89. The van der Waals surface area contributed by atoms with Crippen molar-refractivity contribution in [2.75, 3.05) is 0 Å². The van der Waals surface area contributed by atoms with E-state index in [1.54, 1.807) is 0 Å². The Balaban J connectivity index is 0.000000134. The first-order valence-corrected chi connectivity index (χ1v) is 5.89. The van der Waals surface area contributed by atoms with Crippen molar-refractivity contribution in [2.24, 2.45) is 7.05 Å². The summed E-state index contributed by atoms with van der Waals surface area (Å²) >= 11 is 0. The molecule has 2 aromatic heterocycles. The largest absolute Gasteiger partial charge is 0.361 e. The maximum atomic E-state index is 3.65. The second kappa shape index (κ2) is 5.82. The molecule has 0 amide bonds. The fraction of sp³-hybridized carbons (Fsp3) is 0.0625. The molecule has 2 heteroatoms. The predicted molar refractivity (Wildman–Crippen MR) is 76.0 cm³/mol. The number of nitrogens with one attached hydrogen (secondary N) is 1. The average Bonchev–Trinajstić information content (AvgIpc) is 2.89. The Labute approximate surface area is 107 Å². The maximum absolute atomic E-state index is 3.65. The Bertz CT molecular complexity index is 591.